The minimum atomic E-state index is 0.133. The molecule has 0 unspecified atom stereocenters. The Morgan fingerprint density at radius 1 is 1.26 bits per heavy atom. The first kappa shape index (κ1) is 14.7. The van der Waals surface area contributed by atoms with E-state index in [4.69, 9.17) is 16.3 Å². The van der Waals surface area contributed by atoms with E-state index in [1.165, 1.54) is 25.7 Å². The van der Waals surface area contributed by atoms with Gasteiger partial charge in [-0.05, 0) is 43.7 Å². The Balaban J connectivity index is 1.72. The van der Waals surface area contributed by atoms with E-state index in [2.05, 4.69) is 12.2 Å². The van der Waals surface area contributed by atoms with Crippen LogP contribution < -0.4 is 10.1 Å². The van der Waals surface area contributed by atoms with Crippen LogP contribution in [-0.2, 0) is 0 Å². The number of hydrogen-bond donors (Lipinski definition) is 1. The lowest BCUT2D eigenvalue weighted by atomic mass is 9.78. The Bertz CT molecular complexity index is 360. The van der Waals surface area contributed by atoms with Gasteiger partial charge in [-0.3, -0.25) is 0 Å². The second-order valence-corrected chi connectivity index (χ2v) is 5.95. The van der Waals surface area contributed by atoms with Crippen molar-refractivity contribution in [3.8, 4) is 5.75 Å². The number of benzene rings is 1. The molecule has 0 aromatic heterocycles. The number of nitrogens with one attached hydrogen (secondary N) is 1. The Morgan fingerprint density at radius 2 is 1.95 bits per heavy atom. The third-order valence-corrected chi connectivity index (χ3v) is 4.61. The molecule has 0 saturated heterocycles. The summed E-state index contributed by atoms with van der Waals surface area (Å²) < 4.78 is 5.70. The van der Waals surface area contributed by atoms with Crippen molar-refractivity contribution in [2.75, 3.05) is 19.0 Å². The molecule has 2 nitrogen and oxygen atoms in total. The molecule has 0 atom stereocenters. The van der Waals surface area contributed by atoms with Crippen LogP contribution in [0.25, 0.3) is 0 Å². The second kappa shape index (κ2) is 7.16. The summed E-state index contributed by atoms with van der Waals surface area (Å²) in [6.07, 6.45) is 4.92. The Labute approximate surface area is 121 Å². The van der Waals surface area contributed by atoms with Crippen molar-refractivity contribution >= 4 is 11.6 Å². The molecule has 0 radical (unpaired) electrons. The zero-order chi connectivity index (χ0) is 13.6. The highest BCUT2D eigenvalue weighted by Gasteiger charge is 2.32. The molecule has 1 aliphatic carbocycles. The first-order chi connectivity index (χ1) is 9.24. The van der Waals surface area contributed by atoms with Gasteiger partial charge in [-0.1, -0.05) is 25.1 Å². The molecule has 1 fully saturated rings. The summed E-state index contributed by atoms with van der Waals surface area (Å²) in [5.41, 5.74) is 0.133. The minimum Gasteiger partial charge on any atom is -0.492 e. The zero-order valence-corrected chi connectivity index (χ0v) is 12.5. The predicted molar refractivity (Wildman–Crippen MR) is 81.0 cm³/mol. The average Bonchev–Trinajstić information content (AvgIpc) is 2.47. The van der Waals surface area contributed by atoms with E-state index >= 15 is 0 Å². The number of ether oxygens (including phenoxy) is 1. The maximum Gasteiger partial charge on any atom is 0.119 e. The van der Waals surface area contributed by atoms with Crippen LogP contribution in [0.1, 0.15) is 32.6 Å². The number of alkyl halides is 1. The summed E-state index contributed by atoms with van der Waals surface area (Å²) in [5, 5.41) is 3.62. The molecule has 0 bridgehead atoms. The van der Waals surface area contributed by atoms with Gasteiger partial charge >= 0.3 is 0 Å². The smallest absolute Gasteiger partial charge is 0.119 e. The second-order valence-electron chi connectivity index (χ2n) is 5.68. The van der Waals surface area contributed by atoms with Crippen LogP contribution >= 0.6 is 11.6 Å². The van der Waals surface area contributed by atoms with E-state index in [1.807, 2.05) is 30.3 Å². The first-order valence-electron chi connectivity index (χ1n) is 7.23. The van der Waals surface area contributed by atoms with Crippen LogP contribution in [-0.4, -0.2) is 24.6 Å². The standard InChI is InChI=1S/C16H24ClNO/c1-14-7-9-16(13-17,10-8-14)18-11-12-19-15-5-3-2-4-6-15/h2-6,14,18H,7-13H2,1H3. The summed E-state index contributed by atoms with van der Waals surface area (Å²) >= 11 is 6.18. The fourth-order valence-electron chi connectivity index (χ4n) is 2.67. The van der Waals surface area contributed by atoms with Crippen LogP contribution in [0.4, 0.5) is 0 Å². The molecule has 106 valence electrons. The molecule has 1 aromatic rings. The van der Waals surface area contributed by atoms with Gasteiger partial charge in [0.25, 0.3) is 0 Å². The maximum absolute atomic E-state index is 6.18. The Kier molecular flexibility index (Phi) is 5.53. The number of hydrogen-bond acceptors (Lipinski definition) is 2. The highest BCUT2D eigenvalue weighted by atomic mass is 35.5. The van der Waals surface area contributed by atoms with Crippen LogP contribution in [0.15, 0.2) is 30.3 Å². The van der Waals surface area contributed by atoms with E-state index in [-0.39, 0.29) is 5.54 Å². The van der Waals surface area contributed by atoms with Crippen molar-refractivity contribution in [2.45, 2.75) is 38.1 Å². The van der Waals surface area contributed by atoms with Crippen molar-refractivity contribution in [1.29, 1.82) is 0 Å². The third kappa shape index (κ3) is 4.39. The molecular formula is C16H24ClNO. The minimum absolute atomic E-state index is 0.133. The van der Waals surface area contributed by atoms with Gasteiger partial charge in [0.2, 0.25) is 0 Å². The zero-order valence-electron chi connectivity index (χ0n) is 11.7. The quantitative estimate of drug-likeness (QED) is 0.632. The molecule has 0 spiro atoms. The van der Waals surface area contributed by atoms with Crippen LogP contribution in [0, 0.1) is 5.92 Å². The van der Waals surface area contributed by atoms with Gasteiger partial charge < -0.3 is 10.1 Å². The fraction of sp³-hybridized carbons (Fsp3) is 0.625. The van der Waals surface area contributed by atoms with Gasteiger partial charge in [0, 0.05) is 18.0 Å². The van der Waals surface area contributed by atoms with Gasteiger partial charge in [0.05, 0.1) is 0 Å². The van der Waals surface area contributed by atoms with Crippen molar-refractivity contribution < 1.29 is 4.74 Å². The van der Waals surface area contributed by atoms with E-state index in [0.717, 1.165) is 18.2 Å². The normalized spacial score (nSPS) is 27.2. The van der Waals surface area contributed by atoms with E-state index in [0.29, 0.717) is 12.5 Å². The molecule has 3 heteroatoms. The molecule has 1 N–H and O–H groups in total. The monoisotopic (exact) mass is 281 g/mol. The largest absolute Gasteiger partial charge is 0.492 e. The van der Waals surface area contributed by atoms with Crippen molar-refractivity contribution in [3.05, 3.63) is 30.3 Å². The van der Waals surface area contributed by atoms with Crippen LogP contribution in [0.2, 0.25) is 0 Å². The van der Waals surface area contributed by atoms with Gasteiger partial charge in [-0.15, -0.1) is 11.6 Å². The lowest BCUT2D eigenvalue weighted by molar-refractivity contribution is 0.202. The molecule has 0 aliphatic heterocycles. The molecule has 1 saturated carbocycles. The topological polar surface area (TPSA) is 21.3 Å². The lowest BCUT2D eigenvalue weighted by Gasteiger charge is -2.39. The van der Waals surface area contributed by atoms with E-state index in [9.17, 15) is 0 Å². The average molecular weight is 282 g/mol. The number of rotatable bonds is 6. The molecule has 0 amide bonds. The van der Waals surface area contributed by atoms with Gasteiger partial charge in [-0.2, -0.15) is 0 Å². The summed E-state index contributed by atoms with van der Waals surface area (Å²) in [7, 11) is 0. The molecule has 0 heterocycles. The van der Waals surface area contributed by atoms with Crippen molar-refractivity contribution in [1.82, 2.24) is 5.32 Å². The predicted octanol–water partition coefficient (Wildman–Crippen LogP) is 3.84. The third-order valence-electron chi connectivity index (χ3n) is 4.10. The van der Waals surface area contributed by atoms with Gasteiger partial charge in [0.15, 0.2) is 0 Å². The molecule has 1 aromatic carbocycles. The lowest BCUT2D eigenvalue weighted by Crippen LogP contribution is -2.50. The van der Waals surface area contributed by atoms with Crippen molar-refractivity contribution in [3.63, 3.8) is 0 Å². The Hall–Kier alpha value is -0.730. The highest BCUT2D eigenvalue weighted by Crippen LogP contribution is 2.32. The SMILES string of the molecule is CC1CCC(CCl)(NCCOc2ccccc2)CC1. The van der Waals surface area contributed by atoms with Crippen LogP contribution in [0.3, 0.4) is 0 Å². The number of halogens is 1. The van der Waals surface area contributed by atoms with Gasteiger partial charge in [-0.25, -0.2) is 0 Å². The summed E-state index contributed by atoms with van der Waals surface area (Å²) in [6.45, 7) is 3.88. The van der Waals surface area contributed by atoms with Crippen LogP contribution in [0.5, 0.6) is 5.75 Å². The van der Waals surface area contributed by atoms with Crippen molar-refractivity contribution in [2.24, 2.45) is 5.92 Å². The Morgan fingerprint density at radius 3 is 2.58 bits per heavy atom. The summed E-state index contributed by atoms with van der Waals surface area (Å²) in [5.74, 6) is 2.48. The van der Waals surface area contributed by atoms with Gasteiger partial charge in [0.1, 0.15) is 12.4 Å². The maximum atomic E-state index is 6.18. The summed E-state index contributed by atoms with van der Waals surface area (Å²) in [6, 6.07) is 9.95. The first-order valence-corrected chi connectivity index (χ1v) is 7.76. The van der Waals surface area contributed by atoms with E-state index < -0.39 is 0 Å². The highest BCUT2D eigenvalue weighted by molar-refractivity contribution is 6.18. The molecule has 19 heavy (non-hydrogen) atoms. The van der Waals surface area contributed by atoms with E-state index in [1.54, 1.807) is 0 Å². The number of para-hydroxylation sites is 1. The summed E-state index contributed by atoms with van der Waals surface area (Å²) in [4.78, 5) is 0. The molecule has 2 rings (SSSR count). The molecule has 1 aliphatic rings. The fourth-order valence-corrected chi connectivity index (χ4v) is 3.04. The molecular weight excluding hydrogens is 258 g/mol.